The molecule has 1 heterocycles. The van der Waals surface area contributed by atoms with E-state index >= 15 is 0 Å². The number of hydrogen-bond acceptors (Lipinski definition) is 2. The number of aromatic hydroxyl groups is 1. The highest BCUT2D eigenvalue weighted by Crippen LogP contribution is 2.48. The van der Waals surface area contributed by atoms with Crippen LogP contribution in [0.3, 0.4) is 0 Å². The summed E-state index contributed by atoms with van der Waals surface area (Å²) in [7, 11) is 0. The van der Waals surface area contributed by atoms with Gasteiger partial charge in [-0.05, 0) is 75.0 Å². The summed E-state index contributed by atoms with van der Waals surface area (Å²) in [5.41, 5.74) is 6.36. The number of rotatable bonds is 2. The molecule has 1 aliphatic heterocycles. The van der Waals surface area contributed by atoms with Crippen molar-refractivity contribution in [1.29, 1.82) is 0 Å². The summed E-state index contributed by atoms with van der Waals surface area (Å²) in [5.74, 6) is 0.281. The summed E-state index contributed by atoms with van der Waals surface area (Å²) in [6.07, 6.45) is 0. The van der Waals surface area contributed by atoms with Crippen molar-refractivity contribution in [3.05, 3.63) is 90.0 Å². The number of aliphatic imine (C=N–C) groups is 1. The van der Waals surface area contributed by atoms with Crippen molar-refractivity contribution in [1.82, 2.24) is 0 Å². The molecule has 29 heavy (non-hydrogen) atoms. The van der Waals surface area contributed by atoms with Crippen LogP contribution in [0.15, 0.2) is 78.3 Å². The van der Waals surface area contributed by atoms with Gasteiger partial charge in [-0.2, -0.15) is 0 Å². The molecule has 0 spiro atoms. The summed E-state index contributed by atoms with van der Waals surface area (Å²) in [5, 5.41) is 14.3. The molecule has 4 aromatic carbocycles. The van der Waals surface area contributed by atoms with Crippen molar-refractivity contribution in [3.8, 4) is 5.75 Å². The van der Waals surface area contributed by atoms with Crippen molar-refractivity contribution in [2.45, 2.75) is 26.2 Å². The van der Waals surface area contributed by atoms with Gasteiger partial charge in [0.05, 0.1) is 11.4 Å². The zero-order valence-electron chi connectivity index (χ0n) is 17.0. The number of fused-ring (bicyclic) bond motifs is 4. The molecule has 0 bridgehead atoms. The second kappa shape index (κ2) is 6.05. The lowest BCUT2D eigenvalue weighted by molar-refractivity contribution is 0.476. The SMILES string of the molecule is C=C(C1=Nc2c(C)cc3ccccc3c2C1(C)C)c1ccc2cc(O)ccc2c1. The Kier molecular flexibility index (Phi) is 3.69. The monoisotopic (exact) mass is 377 g/mol. The van der Waals surface area contributed by atoms with Crippen molar-refractivity contribution in [2.24, 2.45) is 4.99 Å². The van der Waals surface area contributed by atoms with Gasteiger partial charge in [-0.3, -0.25) is 4.99 Å². The summed E-state index contributed by atoms with van der Waals surface area (Å²) in [6.45, 7) is 11.1. The predicted molar refractivity (Wildman–Crippen MR) is 123 cm³/mol. The molecule has 2 nitrogen and oxygen atoms in total. The average molecular weight is 377 g/mol. The van der Waals surface area contributed by atoms with Crippen LogP contribution in [0.2, 0.25) is 0 Å². The number of phenols is 1. The molecular weight excluding hydrogens is 354 g/mol. The molecule has 0 radical (unpaired) electrons. The Hall–Kier alpha value is -3.39. The molecule has 4 aromatic rings. The quantitative estimate of drug-likeness (QED) is 0.397. The van der Waals surface area contributed by atoms with Gasteiger partial charge >= 0.3 is 0 Å². The zero-order valence-corrected chi connectivity index (χ0v) is 17.0. The average Bonchev–Trinajstić information content (AvgIpc) is 2.99. The Morgan fingerprint density at radius 1 is 0.897 bits per heavy atom. The fraction of sp³-hybridized carbons (Fsp3) is 0.148. The van der Waals surface area contributed by atoms with Crippen molar-refractivity contribution in [3.63, 3.8) is 0 Å². The Labute approximate surface area is 170 Å². The molecule has 0 aromatic heterocycles. The predicted octanol–water partition coefficient (Wildman–Crippen LogP) is 7.08. The molecule has 0 atom stereocenters. The van der Waals surface area contributed by atoms with E-state index in [1.54, 1.807) is 12.1 Å². The lowest BCUT2D eigenvalue weighted by Gasteiger charge is -2.25. The Bertz CT molecular complexity index is 1360. The van der Waals surface area contributed by atoms with Gasteiger partial charge in [-0.15, -0.1) is 0 Å². The van der Waals surface area contributed by atoms with Crippen molar-refractivity contribution in [2.75, 3.05) is 0 Å². The van der Waals surface area contributed by atoms with E-state index in [9.17, 15) is 5.11 Å². The molecular formula is C27H23NO. The van der Waals surface area contributed by atoms with E-state index in [1.807, 2.05) is 12.1 Å². The highest BCUT2D eigenvalue weighted by atomic mass is 16.3. The van der Waals surface area contributed by atoms with E-state index in [0.29, 0.717) is 0 Å². The van der Waals surface area contributed by atoms with Crippen LogP contribution in [0.25, 0.3) is 27.1 Å². The highest BCUT2D eigenvalue weighted by Gasteiger charge is 2.38. The molecule has 0 unspecified atom stereocenters. The largest absolute Gasteiger partial charge is 0.508 e. The number of benzene rings is 4. The van der Waals surface area contributed by atoms with Gasteiger partial charge in [-0.25, -0.2) is 0 Å². The van der Waals surface area contributed by atoms with E-state index in [4.69, 9.17) is 4.99 Å². The Morgan fingerprint density at radius 2 is 1.62 bits per heavy atom. The maximum absolute atomic E-state index is 9.73. The van der Waals surface area contributed by atoms with Crippen LogP contribution < -0.4 is 0 Å². The van der Waals surface area contributed by atoms with Crippen LogP contribution in [0.1, 0.15) is 30.5 Å². The maximum Gasteiger partial charge on any atom is 0.116 e. The fourth-order valence-electron chi connectivity index (χ4n) is 4.63. The van der Waals surface area contributed by atoms with E-state index < -0.39 is 0 Å². The Morgan fingerprint density at radius 3 is 2.45 bits per heavy atom. The third kappa shape index (κ3) is 2.60. The lowest BCUT2D eigenvalue weighted by atomic mass is 9.75. The van der Waals surface area contributed by atoms with Crippen LogP contribution >= 0.6 is 0 Å². The lowest BCUT2D eigenvalue weighted by Crippen LogP contribution is -2.26. The second-order valence-electron chi connectivity index (χ2n) is 8.45. The smallest absolute Gasteiger partial charge is 0.116 e. The van der Waals surface area contributed by atoms with Gasteiger partial charge in [0, 0.05) is 5.41 Å². The molecule has 1 aliphatic rings. The zero-order chi connectivity index (χ0) is 20.3. The fourth-order valence-corrected chi connectivity index (χ4v) is 4.63. The van der Waals surface area contributed by atoms with E-state index in [0.717, 1.165) is 33.3 Å². The normalized spacial score (nSPS) is 14.8. The molecule has 0 fully saturated rings. The number of nitrogens with zero attached hydrogens (tertiary/aromatic N) is 1. The summed E-state index contributed by atoms with van der Waals surface area (Å²) in [6, 6.07) is 22.4. The third-order valence-corrected chi connectivity index (χ3v) is 6.11. The summed E-state index contributed by atoms with van der Waals surface area (Å²) >= 11 is 0. The van der Waals surface area contributed by atoms with Crippen LogP contribution in [-0.4, -0.2) is 10.8 Å². The first-order valence-corrected chi connectivity index (χ1v) is 9.91. The van der Waals surface area contributed by atoms with Crippen LogP contribution in [0.5, 0.6) is 5.75 Å². The van der Waals surface area contributed by atoms with E-state index in [1.165, 1.54) is 21.9 Å². The third-order valence-electron chi connectivity index (χ3n) is 6.11. The molecule has 5 rings (SSSR count). The first-order valence-electron chi connectivity index (χ1n) is 9.91. The summed E-state index contributed by atoms with van der Waals surface area (Å²) < 4.78 is 0. The molecule has 1 N–H and O–H groups in total. The van der Waals surface area contributed by atoms with Gasteiger partial charge in [0.1, 0.15) is 5.75 Å². The minimum Gasteiger partial charge on any atom is -0.508 e. The molecule has 2 heteroatoms. The highest BCUT2D eigenvalue weighted by molar-refractivity contribution is 6.31. The number of hydrogen-bond donors (Lipinski definition) is 1. The van der Waals surface area contributed by atoms with Crippen molar-refractivity contribution < 1.29 is 5.11 Å². The van der Waals surface area contributed by atoms with Gasteiger partial charge in [0.25, 0.3) is 0 Å². The maximum atomic E-state index is 9.73. The van der Waals surface area contributed by atoms with Gasteiger partial charge in [-0.1, -0.05) is 62.9 Å². The number of phenolic OH excluding ortho intramolecular Hbond substituents is 1. The van der Waals surface area contributed by atoms with Crippen LogP contribution in [-0.2, 0) is 5.41 Å². The standard InChI is InChI=1S/C27H23NO/c1-16-13-21-7-5-6-8-23(21)24-25(16)28-26(27(24,3)4)17(2)18-9-10-20-15-22(29)12-11-19(20)14-18/h5-15,29H,2H2,1,3-4H3. The number of aryl methyl sites for hydroxylation is 1. The van der Waals surface area contributed by atoms with Crippen LogP contribution in [0.4, 0.5) is 5.69 Å². The van der Waals surface area contributed by atoms with Gasteiger partial charge in [0.2, 0.25) is 0 Å². The summed E-state index contributed by atoms with van der Waals surface area (Å²) in [4.78, 5) is 5.10. The van der Waals surface area contributed by atoms with Gasteiger partial charge in [0.15, 0.2) is 0 Å². The molecule has 142 valence electrons. The first kappa shape index (κ1) is 17.7. The minimum absolute atomic E-state index is 0.234. The molecule has 0 amide bonds. The Balaban J connectivity index is 1.65. The topological polar surface area (TPSA) is 32.6 Å². The van der Waals surface area contributed by atoms with Gasteiger partial charge < -0.3 is 5.11 Å². The van der Waals surface area contributed by atoms with Crippen LogP contribution in [0, 0.1) is 6.92 Å². The van der Waals surface area contributed by atoms with Crippen molar-refractivity contribution >= 4 is 38.5 Å². The minimum atomic E-state index is -0.234. The van der Waals surface area contributed by atoms with E-state index in [2.05, 4.69) is 69.8 Å². The molecule has 0 aliphatic carbocycles. The second-order valence-corrected chi connectivity index (χ2v) is 8.45. The first-order chi connectivity index (χ1) is 13.9. The molecule has 0 saturated heterocycles. The van der Waals surface area contributed by atoms with E-state index in [-0.39, 0.29) is 11.2 Å². The number of allylic oxidation sites excluding steroid dienone is 1. The molecule has 0 saturated carbocycles.